The molecule has 132 valence electrons. The molecule has 4 N–H and O–H groups in total. The average Bonchev–Trinajstić information content (AvgIpc) is 2.73. The van der Waals surface area contributed by atoms with Crippen LogP contribution in [0.3, 0.4) is 0 Å². The van der Waals surface area contributed by atoms with Crippen molar-refractivity contribution in [3.63, 3.8) is 0 Å². The molecule has 0 aromatic heterocycles. The number of thioether (sulfide) groups is 2. The van der Waals surface area contributed by atoms with E-state index in [2.05, 4.69) is 11.3 Å². The highest BCUT2D eigenvalue weighted by atomic mass is 32.2. The van der Waals surface area contributed by atoms with Crippen molar-refractivity contribution in [2.75, 3.05) is 12.4 Å². The highest BCUT2D eigenvalue weighted by Crippen LogP contribution is 2.62. The van der Waals surface area contributed by atoms with E-state index in [1.807, 2.05) is 0 Å². The molecule has 24 heavy (non-hydrogen) atoms. The zero-order valence-corrected chi connectivity index (χ0v) is 14.6. The summed E-state index contributed by atoms with van der Waals surface area (Å²) in [6.07, 6.45) is 0.139. The maximum Gasteiger partial charge on any atom is 0.404 e. The van der Waals surface area contributed by atoms with Gasteiger partial charge in [0.15, 0.2) is 5.70 Å². The molecule has 0 aromatic rings. The molecule has 0 bridgehead atoms. The Bertz CT molecular complexity index is 620. The van der Waals surface area contributed by atoms with Gasteiger partial charge in [0.1, 0.15) is 11.5 Å². The van der Waals surface area contributed by atoms with Gasteiger partial charge in [-0.3, -0.25) is 9.69 Å². The van der Waals surface area contributed by atoms with E-state index in [1.165, 1.54) is 35.3 Å². The smallest absolute Gasteiger partial charge is 0.404 e. The Labute approximate surface area is 147 Å². The fourth-order valence-corrected chi connectivity index (χ4v) is 5.99. The Balaban J connectivity index is 2.24. The standard InChI is InChI=1S/C14H18N2O6S2/c1-3-4-14-8(7(2)17)10(18)16(14)9(11(19)20)12(24-14)23-6-5-22-13(15)21/h3,7-8,17H,1,4-6H2,2H3,(H2,15,21)(H,19,20)/t7?,8-,14+/m0/s1. The molecule has 0 spiro atoms. The fourth-order valence-electron chi connectivity index (χ4n) is 2.91. The van der Waals surface area contributed by atoms with Crippen LogP contribution in [0.1, 0.15) is 13.3 Å². The first-order chi connectivity index (χ1) is 11.3. The number of carboxylic acids is 1. The quantitative estimate of drug-likeness (QED) is 0.325. The van der Waals surface area contributed by atoms with Crippen molar-refractivity contribution in [1.82, 2.24) is 4.90 Å². The van der Waals surface area contributed by atoms with Crippen LogP contribution in [-0.2, 0) is 14.3 Å². The Morgan fingerprint density at radius 1 is 1.62 bits per heavy atom. The zero-order chi connectivity index (χ0) is 18.1. The predicted molar refractivity (Wildman–Crippen MR) is 89.8 cm³/mol. The van der Waals surface area contributed by atoms with Crippen molar-refractivity contribution in [3.05, 3.63) is 22.6 Å². The number of aliphatic hydroxyl groups excluding tert-OH is 1. The topological polar surface area (TPSA) is 130 Å². The van der Waals surface area contributed by atoms with E-state index in [0.29, 0.717) is 16.4 Å². The molecule has 1 fully saturated rings. The normalized spacial score (nSPS) is 26.7. The summed E-state index contributed by atoms with van der Waals surface area (Å²) >= 11 is 2.40. The first-order valence-corrected chi connectivity index (χ1v) is 8.91. The van der Waals surface area contributed by atoms with Crippen LogP contribution >= 0.6 is 23.5 Å². The number of hydrogen-bond donors (Lipinski definition) is 3. The summed E-state index contributed by atoms with van der Waals surface area (Å²) < 4.78 is 5.06. The summed E-state index contributed by atoms with van der Waals surface area (Å²) in [6.45, 7) is 5.21. The number of aliphatic carboxylic acids is 1. The third-order valence-corrected chi connectivity index (χ3v) is 6.49. The third-order valence-electron chi connectivity index (χ3n) is 3.72. The van der Waals surface area contributed by atoms with Crippen molar-refractivity contribution in [3.8, 4) is 0 Å². The van der Waals surface area contributed by atoms with E-state index in [4.69, 9.17) is 5.73 Å². The largest absolute Gasteiger partial charge is 0.477 e. The zero-order valence-electron chi connectivity index (χ0n) is 12.9. The Kier molecular flexibility index (Phi) is 5.51. The number of β-lactam (4-membered cyclic amide) rings is 1. The second-order valence-corrected chi connectivity index (χ2v) is 7.97. The van der Waals surface area contributed by atoms with Gasteiger partial charge in [0.25, 0.3) is 0 Å². The van der Waals surface area contributed by atoms with Gasteiger partial charge in [-0.1, -0.05) is 17.8 Å². The van der Waals surface area contributed by atoms with Gasteiger partial charge < -0.3 is 20.7 Å². The van der Waals surface area contributed by atoms with Crippen LogP contribution in [0.2, 0.25) is 0 Å². The van der Waals surface area contributed by atoms with Gasteiger partial charge in [-0.05, 0) is 13.3 Å². The number of fused-ring (bicyclic) bond motifs is 1. The van der Waals surface area contributed by atoms with Gasteiger partial charge >= 0.3 is 12.1 Å². The molecule has 8 nitrogen and oxygen atoms in total. The maximum absolute atomic E-state index is 12.4. The molecule has 1 unspecified atom stereocenters. The number of nitrogens with zero attached hydrogens (tertiary/aromatic N) is 1. The maximum atomic E-state index is 12.4. The van der Waals surface area contributed by atoms with Crippen LogP contribution in [-0.4, -0.2) is 56.4 Å². The molecular weight excluding hydrogens is 356 g/mol. The molecule has 0 aliphatic carbocycles. The molecule has 2 amide bonds. The van der Waals surface area contributed by atoms with Crippen LogP contribution in [0.4, 0.5) is 4.79 Å². The molecule has 0 saturated carbocycles. The Hall–Kier alpha value is -1.65. The van der Waals surface area contributed by atoms with Crippen molar-refractivity contribution >= 4 is 41.5 Å². The van der Waals surface area contributed by atoms with Crippen LogP contribution in [0.25, 0.3) is 0 Å². The number of carbonyl (C=O) groups is 3. The molecule has 0 aromatic carbocycles. The number of carbonyl (C=O) groups excluding carboxylic acids is 2. The van der Waals surface area contributed by atoms with Crippen LogP contribution in [0.15, 0.2) is 22.6 Å². The van der Waals surface area contributed by atoms with Crippen LogP contribution in [0, 0.1) is 5.92 Å². The third kappa shape index (κ3) is 3.01. The molecule has 2 heterocycles. The molecule has 3 atom stereocenters. The second-order valence-electron chi connectivity index (χ2n) is 5.29. The summed E-state index contributed by atoms with van der Waals surface area (Å²) in [4.78, 5) is 34.9. The minimum atomic E-state index is -1.22. The summed E-state index contributed by atoms with van der Waals surface area (Å²) in [5.74, 6) is -2.03. The van der Waals surface area contributed by atoms with Gasteiger partial charge in [-0.25, -0.2) is 9.59 Å². The van der Waals surface area contributed by atoms with E-state index < -0.39 is 34.9 Å². The number of aliphatic hydroxyl groups is 1. The summed E-state index contributed by atoms with van der Waals surface area (Å²) in [5.41, 5.74) is 4.77. The van der Waals surface area contributed by atoms with E-state index >= 15 is 0 Å². The molecule has 2 rings (SSSR count). The number of hydrogen-bond acceptors (Lipinski definition) is 7. The summed E-state index contributed by atoms with van der Waals surface area (Å²) in [5, 5.41) is 19.4. The lowest BCUT2D eigenvalue weighted by Gasteiger charge is -2.54. The first kappa shape index (κ1) is 18.7. The van der Waals surface area contributed by atoms with Crippen molar-refractivity contribution in [2.45, 2.75) is 24.3 Å². The van der Waals surface area contributed by atoms with E-state index in [9.17, 15) is 24.6 Å². The molecule has 10 heteroatoms. The summed E-state index contributed by atoms with van der Waals surface area (Å²) in [7, 11) is 0. The van der Waals surface area contributed by atoms with Crippen molar-refractivity contribution in [1.29, 1.82) is 0 Å². The first-order valence-electron chi connectivity index (χ1n) is 7.11. The van der Waals surface area contributed by atoms with E-state index in [0.717, 1.165) is 0 Å². The van der Waals surface area contributed by atoms with Crippen LogP contribution < -0.4 is 5.73 Å². The number of ether oxygens (including phenoxy) is 1. The number of rotatable bonds is 8. The van der Waals surface area contributed by atoms with E-state index in [-0.39, 0.29) is 12.3 Å². The van der Waals surface area contributed by atoms with E-state index in [1.54, 1.807) is 6.08 Å². The van der Waals surface area contributed by atoms with Crippen molar-refractivity contribution < 1.29 is 29.3 Å². The number of amides is 2. The monoisotopic (exact) mass is 374 g/mol. The lowest BCUT2D eigenvalue weighted by Crippen LogP contribution is -2.69. The minimum Gasteiger partial charge on any atom is -0.477 e. The van der Waals surface area contributed by atoms with Crippen LogP contribution in [0.5, 0.6) is 0 Å². The van der Waals surface area contributed by atoms with Gasteiger partial charge in [-0.15, -0.1) is 18.3 Å². The number of primary amides is 1. The highest BCUT2D eigenvalue weighted by molar-refractivity contribution is 8.23. The molecule has 1 saturated heterocycles. The Morgan fingerprint density at radius 2 is 2.29 bits per heavy atom. The van der Waals surface area contributed by atoms with Gasteiger partial charge in [0.05, 0.1) is 16.3 Å². The number of carboxylic acid groups (broad SMARTS) is 1. The second kappa shape index (κ2) is 7.08. The van der Waals surface area contributed by atoms with Gasteiger partial charge in [0.2, 0.25) is 5.91 Å². The summed E-state index contributed by atoms with van der Waals surface area (Å²) in [6, 6.07) is 0. The highest BCUT2D eigenvalue weighted by Gasteiger charge is 2.67. The molecule has 2 aliphatic rings. The van der Waals surface area contributed by atoms with Gasteiger partial charge in [0, 0.05) is 5.75 Å². The SMILES string of the molecule is C=CC[C@]12SC(SCCOC(N)=O)=C(C(=O)O)N1C(=O)[C@@H]2C(C)O. The molecule has 2 aliphatic heterocycles. The van der Waals surface area contributed by atoms with Gasteiger partial charge in [-0.2, -0.15) is 0 Å². The Morgan fingerprint density at radius 3 is 2.79 bits per heavy atom. The number of nitrogens with two attached hydrogens (primary N) is 1. The molecule has 0 radical (unpaired) electrons. The predicted octanol–water partition coefficient (Wildman–Crippen LogP) is 0.927. The lowest BCUT2D eigenvalue weighted by molar-refractivity contribution is -0.166. The molecular formula is C14H18N2O6S2. The minimum absolute atomic E-state index is 0.0270. The lowest BCUT2D eigenvalue weighted by atomic mass is 9.80. The van der Waals surface area contributed by atoms with Crippen molar-refractivity contribution in [2.24, 2.45) is 11.7 Å². The fraction of sp³-hybridized carbons (Fsp3) is 0.500. The average molecular weight is 374 g/mol.